The standard InChI is InChI=1S/C13H17N5O2S/c1-21(19,20)12-6-16-17-13(12)11-2-3-18(8-11)7-10-4-14-9-15-5-10/h4-6,9,11H,2-3,7-8H2,1H3,(H,16,17). The van der Waals surface area contributed by atoms with Crippen molar-refractivity contribution in [1.29, 1.82) is 0 Å². The van der Waals surface area contributed by atoms with Crippen LogP contribution in [-0.4, -0.2) is 52.8 Å². The van der Waals surface area contributed by atoms with Crippen molar-refractivity contribution in [2.45, 2.75) is 23.8 Å². The lowest BCUT2D eigenvalue weighted by Crippen LogP contribution is -2.20. The minimum Gasteiger partial charge on any atom is -0.298 e. The molecule has 8 heteroatoms. The van der Waals surface area contributed by atoms with Gasteiger partial charge in [0.25, 0.3) is 0 Å². The maximum absolute atomic E-state index is 11.8. The highest BCUT2D eigenvalue weighted by Crippen LogP contribution is 2.30. The predicted molar refractivity (Wildman–Crippen MR) is 76.4 cm³/mol. The SMILES string of the molecule is CS(=O)(=O)c1cn[nH]c1C1CCN(Cc2cncnc2)C1. The molecule has 0 radical (unpaired) electrons. The van der Waals surface area contributed by atoms with Crippen LogP contribution in [0.1, 0.15) is 23.6 Å². The van der Waals surface area contributed by atoms with Crippen molar-refractivity contribution < 1.29 is 8.42 Å². The lowest BCUT2D eigenvalue weighted by Gasteiger charge is -2.15. The number of hydrogen-bond donors (Lipinski definition) is 1. The molecule has 1 aliphatic rings. The monoisotopic (exact) mass is 307 g/mol. The van der Waals surface area contributed by atoms with Crippen LogP contribution in [0.5, 0.6) is 0 Å². The molecule has 1 unspecified atom stereocenters. The summed E-state index contributed by atoms with van der Waals surface area (Å²) >= 11 is 0. The Balaban J connectivity index is 1.72. The summed E-state index contributed by atoms with van der Waals surface area (Å²) < 4.78 is 23.5. The number of aromatic nitrogens is 4. The van der Waals surface area contributed by atoms with E-state index in [0.29, 0.717) is 4.90 Å². The van der Waals surface area contributed by atoms with E-state index in [1.165, 1.54) is 18.8 Å². The normalized spacial score (nSPS) is 20.0. The number of likely N-dealkylation sites (tertiary alicyclic amines) is 1. The lowest BCUT2D eigenvalue weighted by atomic mass is 10.1. The van der Waals surface area contributed by atoms with Crippen molar-refractivity contribution in [3.05, 3.63) is 36.2 Å². The molecule has 1 N–H and O–H groups in total. The third-order valence-corrected chi connectivity index (χ3v) is 4.86. The molecule has 0 aliphatic carbocycles. The molecule has 3 rings (SSSR count). The molecule has 3 heterocycles. The Kier molecular flexibility index (Phi) is 3.73. The van der Waals surface area contributed by atoms with Crippen molar-refractivity contribution in [1.82, 2.24) is 25.1 Å². The van der Waals surface area contributed by atoms with E-state index in [1.54, 1.807) is 12.4 Å². The van der Waals surface area contributed by atoms with Gasteiger partial charge >= 0.3 is 0 Å². The fourth-order valence-electron chi connectivity index (χ4n) is 2.75. The molecule has 112 valence electrons. The number of hydrogen-bond acceptors (Lipinski definition) is 6. The molecule has 7 nitrogen and oxygen atoms in total. The molecule has 21 heavy (non-hydrogen) atoms. The first kappa shape index (κ1) is 14.2. The van der Waals surface area contributed by atoms with Gasteiger partial charge in [0.1, 0.15) is 11.2 Å². The zero-order chi connectivity index (χ0) is 14.9. The second-order valence-electron chi connectivity index (χ2n) is 5.39. The summed E-state index contributed by atoms with van der Waals surface area (Å²) in [5, 5.41) is 6.76. The van der Waals surface area contributed by atoms with Crippen LogP contribution in [-0.2, 0) is 16.4 Å². The largest absolute Gasteiger partial charge is 0.298 e. The summed E-state index contributed by atoms with van der Waals surface area (Å²) in [6.07, 6.45) is 8.66. The van der Waals surface area contributed by atoms with Gasteiger partial charge in [0.05, 0.1) is 11.9 Å². The maximum atomic E-state index is 11.8. The Morgan fingerprint density at radius 2 is 2.10 bits per heavy atom. The van der Waals surface area contributed by atoms with Crippen LogP contribution in [0.25, 0.3) is 0 Å². The predicted octanol–water partition coefficient (Wildman–Crippen LogP) is 0.593. The molecule has 2 aromatic rings. The Bertz CT molecular complexity index is 713. The molecule has 0 bridgehead atoms. The number of rotatable bonds is 4. The summed E-state index contributed by atoms with van der Waals surface area (Å²) in [7, 11) is -3.24. The van der Waals surface area contributed by atoms with Crippen LogP contribution in [0, 0.1) is 0 Å². The zero-order valence-corrected chi connectivity index (χ0v) is 12.5. The van der Waals surface area contributed by atoms with Gasteiger partial charge in [-0.25, -0.2) is 18.4 Å². The average molecular weight is 307 g/mol. The first-order chi connectivity index (χ1) is 10.0. The van der Waals surface area contributed by atoms with E-state index in [-0.39, 0.29) is 5.92 Å². The highest BCUT2D eigenvalue weighted by atomic mass is 32.2. The van der Waals surface area contributed by atoms with E-state index in [1.807, 2.05) is 0 Å². The Morgan fingerprint density at radius 3 is 2.81 bits per heavy atom. The molecule has 0 aromatic carbocycles. The Labute approximate surface area is 123 Å². The van der Waals surface area contributed by atoms with Gasteiger partial charge < -0.3 is 0 Å². The van der Waals surface area contributed by atoms with E-state index in [9.17, 15) is 8.42 Å². The second kappa shape index (κ2) is 5.53. The molecular weight excluding hydrogens is 290 g/mol. The van der Waals surface area contributed by atoms with Crippen LogP contribution in [0.3, 0.4) is 0 Å². The van der Waals surface area contributed by atoms with Crippen molar-refractivity contribution in [3.8, 4) is 0 Å². The number of H-pyrrole nitrogens is 1. The van der Waals surface area contributed by atoms with Crippen molar-refractivity contribution in [3.63, 3.8) is 0 Å². The Hall–Kier alpha value is -1.80. The Morgan fingerprint density at radius 1 is 1.33 bits per heavy atom. The highest BCUT2D eigenvalue weighted by Gasteiger charge is 2.29. The van der Waals surface area contributed by atoms with Gasteiger partial charge in [0.2, 0.25) is 0 Å². The van der Waals surface area contributed by atoms with E-state index in [4.69, 9.17) is 0 Å². The molecule has 1 fully saturated rings. The van der Waals surface area contributed by atoms with Crippen molar-refractivity contribution in [2.24, 2.45) is 0 Å². The number of aromatic amines is 1. The average Bonchev–Trinajstić information content (AvgIpc) is 3.07. The van der Waals surface area contributed by atoms with Crippen molar-refractivity contribution >= 4 is 9.84 Å². The molecule has 0 amide bonds. The third kappa shape index (κ3) is 3.11. The molecule has 0 spiro atoms. The number of nitrogens with zero attached hydrogens (tertiary/aromatic N) is 4. The molecule has 1 saturated heterocycles. The van der Waals surface area contributed by atoms with Crippen molar-refractivity contribution in [2.75, 3.05) is 19.3 Å². The van der Waals surface area contributed by atoms with Crippen LogP contribution in [0.2, 0.25) is 0 Å². The van der Waals surface area contributed by atoms with Gasteiger partial charge in [-0.3, -0.25) is 10.00 Å². The summed E-state index contributed by atoms with van der Waals surface area (Å²) in [6, 6.07) is 0. The van der Waals surface area contributed by atoms with Crippen LogP contribution >= 0.6 is 0 Å². The first-order valence-corrected chi connectivity index (χ1v) is 8.63. The van der Waals surface area contributed by atoms with Crippen LogP contribution < -0.4 is 0 Å². The maximum Gasteiger partial charge on any atom is 0.178 e. The van der Waals surface area contributed by atoms with E-state index in [0.717, 1.165) is 37.3 Å². The summed E-state index contributed by atoms with van der Waals surface area (Å²) in [5.41, 5.74) is 1.79. The molecule has 1 aliphatic heterocycles. The van der Waals surface area contributed by atoms with Gasteiger partial charge in [-0.05, 0) is 13.0 Å². The summed E-state index contributed by atoms with van der Waals surface area (Å²) in [5.74, 6) is 0.168. The number of sulfone groups is 1. The van der Waals surface area contributed by atoms with Gasteiger partial charge in [-0.15, -0.1) is 0 Å². The summed E-state index contributed by atoms with van der Waals surface area (Å²) in [6.45, 7) is 2.50. The van der Waals surface area contributed by atoms with Crippen LogP contribution in [0.15, 0.2) is 29.8 Å². The molecule has 0 saturated carbocycles. The van der Waals surface area contributed by atoms with E-state index >= 15 is 0 Å². The highest BCUT2D eigenvalue weighted by molar-refractivity contribution is 7.90. The number of nitrogens with one attached hydrogen (secondary N) is 1. The minimum atomic E-state index is -3.24. The molecule has 2 aromatic heterocycles. The minimum absolute atomic E-state index is 0.168. The van der Waals surface area contributed by atoms with E-state index in [2.05, 4.69) is 25.1 Å². The second-order valence-corrected chi connectivity index (χ2v) is 7.37. The molecule has 1 atom stereocenters. The van der Waals surface area contributed by atoms with Crippen LogP contribution in [0.4, 0.5) is 0 Å². The summed E-state index contributed by atoms with van der Waals surface area (Å²) in [4.78, 5) is 10.6. The van der Waals surface area contributed by atoms with Gasteiger partial charge in [-0.1, -0.05) is 0 Å². The zero-order valence-electron chi connectivity index (χ0n) is 11.7. The fourth-order valence-corrected chi connectivity index (χ4v) is 3.61. The third-order valence-electron chi connectivity index (χ3n) is 3.73. The smallest absolute Gasteiger partial charge is 0.178 e. The van der Waals surface area contributed by atoms with Gasteiger partial charge in [-0.2, -0.15) is 5.10 Å². The van der Waals surface area contributed by atoms with Gasteiger partial charge in [0, 0.05) is 43.2 Å². The first-order valence-electron chi connectivity index (χ1n) is 6.73. The van der Waals surface area contributed by atoms with E-state index < -0.39 is 9.84 Å². The fraction of sp³-hybridized carbons (Fsp3) is 0.462. The lowest BCUT2D eigenvalue weighted by molar-refractivity contribution is 0.325. The molecular formula is C13H17N5O2S. The quantitative estimate of drug-likeness (QED) is 0.889. The topological polar surface area (TPSA) is 91.8 Å². The van der Waals surface area contributed by atoms with Gasteiger partial charge in [0.15, 0.2) is 9.84 Å².